The van der Waals surface area contributed by atoms with Gasteiger partial charge in [-0.2, -0.15) is 0 Å². The van der Waals surface area contributed by atoms with Crippen molar-refractivity contribution in [2.24, 2.45) is 0 Å². The quantitative estimate of drug-likeness (QED) is 0.473. The molecule has 3 heteroatoms. The minimum Gasteiger partial charge on any atom is -0.482 e. The Bertz CT molecular complexity index is 443. The Morgan fingerprint density at radius 1 is 1.44 bits per heavy atom. The van der Waals surface area contributed by atoms with Gasteiger partial charge in [-0.1, -0.05) is 18.2 Å². The average Bonchev–Trinajstić information content (AvgIpc) is 2.95. The highest BCUT2D eigenvalue weighted by atomic mass is 127. The second-order valence-electron chi connectivity index (χ2n) is 4.50. The van der Waals surface area contributed by atoms with E-state index in [2.05, 4.69) is 47.7 Å². The van der Waals surface area contributed by atoms with Crippen LogP contribution in [0.4, 0.5) is 0 Å². The van der Waals surface area contributed by atoms with Gasteiger partial charge in [0, 0.05) is 0 Å². The topological polar surface area (TPSA) is 21.8 Å². The molecule has 0 bridgehead atoms. The van der Waals surface area contributed by atoms with E-state index in [0.29, 0.717) is 0 Å². The molecule has 1 saturated heterocycles. The molecule has 0 aromatic heterocycles. The van der Waals surface area contributed by atoms with Gasteiger partial charge in [-0.25, -0.2) is 0 Å². The lowest BCUT2D eigenvalue weighted by Gasteiger charge is -2.19. The first-order valence-electron chi connectivity index (χ1n) is 5.45. The van der Waals surface area contributed by atoms with E-state index in [9.17, 15) is 0 Å². The summed E-state index contributed by atoms with van der Waals surface area (Å²) in [6.45, 7) is 2.15. The van der Waals surface area contributed by atoms with Gasteiger partial charge in [-0.15, -0.1) is 0 Å². The van der Waals surface area contributed by atoms with Crippen LogP contribution in [0, 0.1) is 3.57 Å². The minimum absolute atomic E-state index is 0.0274. The second-order valence-corrected chi connectivity index (χ2v) is 5.66. The number of halogens is 1. The molecule has 84 valence electrons. The molecule has 2 nitrogen and oxygen atoms in total. The molecule has 0 spiro atoms. The summed E-state index contributed by atoms with van der Waals surface area (Å²) in [5.41, 5.74) is 0.0274. The summed E-state index contributed by atoms with van der Waals surface area (Å²) in [6, 6.07) is 8.07. The predicted molar refractivity (Wildman–Crippen MR) is 70.6 cm³/mol. The minimum atomic E-state index is 0.0274. The molecule has 0 N–H and O–H groups in total. The third-order valence-corrected chi connectivity index (χ3v) is 4.08. The van der Waals surface area contributed by atoms with Crippen molar-refractivity contribution >= 4 is 22.6 Å². The van der Waals surface area contributed by atoms with Gasteiger partial charge in [0.1, 0.15) is 18.0 Å². The molecule has 1 heterocycles. The zero-order valence-corrected chi connectivity index (χ0v) is 11.2. The molecular formula is C13H13IO2. The lowest BCUT2D eigenvalue weighted by atomic mass is 9.94. The summed E-state index contributed by atoms with van der Waals surface area (Å²) >= 11 is 2.29. The van der Waals surface area contributed by atoms with Crippen molar-refractivity contribution in [1.82, 2.24) is 0 Å². The Labute approximate surface area is 109 Å². The van der Waals surface area contributed by atoms with Crippen LogP contribution in [0.2, 0.25) is 0 Å². The first-order chi connectivity index (χ1) is 7.69. The molecule has 0 radical (unpaired) electrons. The highest BCUT2D eigenvalue weighted by Crippen LogP contribution is 2.46. The van der Waals surface area contributed by atoms with Crippen LogP contribution in [0.3, 0.4) is 0 Å². The number of benzene rings is 1. The Kier molecular flexibility index (Phi) is 2.47. The fraction of sp³-hybridized carbons (Fsp3) is 0.385. The zero-order chi connectivity index (χ0) is 11.2. The SMILES string of the molecule is CC12CC=CC(Oc3ccccc3I)[C@@H]1O2. The van der Waals surface area contributed by atoms with Gasteiger partial charge in [0.15, 0.2) is 0 Å². The highest BCUT2D eigenvalue weighted by Gasteiger charge is 2.57. The molecule has 3 atom stereocenters. The number of para-hydroxylation sites is 1. The standard InChI is InChI=1S/C13H13IO2/c1-13-8-4-7-11(12(13)16-13)15-10-6-3-2-5-9(10)14/h2-7,11-12H,8H2,1H3/t11?,12-,13?/m0/s1. The fourth-order valence-electron chi connectivity index (χ4n) is 2.16. The van der Waals surface area contributed by atoms with E-state index < -0.39 is 0 Å². The van der Waals surface area contributed by atoms with Gasteiger partial charge in [0.05, 0.1) is 9.17 Å². The van der Waals surface area contributed by atoms with Gasteiger partial charge in [0.2, 0.25) is 0 Å². The van der Waals surface area contributed by atoms with Crippen LogP contribution in [-0.2, 0) is 4.74 Å². The molecule has 3 rings (SSSR count). The van der Waals surface area contributed by atoms with Crippen molar-refractivity contribution in [2.45, 2.75) is 31.2 Å². The summed E-state index contributed by atoms with van der Waals surface area (Å²) in [7, 11) is 0. The summed E-state index contributed by atoms with van der Waals surface area (Å²) < 4.78 is 12.8. The third-order valence-electron chi connectivity index (χ3n) is 3.19. The molecule has 1 aromatic rings. The number of hydrogen-bond donors (Lipinski definition) is 0. The van der Waals surface area contributed by atoms with Crippen molar-refractivity contribution in [3.63, 3.8) is 0 Å². The van der Waals surface area contributed by atoms with E-state index in [1.165, 1.54) is 0 Å². The van der Waals surface area contributed by atoms with Crippen LogP contribution in [0.1, 0.15) is 13.3 Å². The van der Waals surface area contributed by atoms with Crippen LogP contribution in [0.5, 0.6) is 5.75 Å². The number of ether oxygens (including phenoxy) is 2. The van der Waals surface area contributed by atoms with Crippen molar-refractivity contribution < 1.29 is 9.47 Å². The maximum Gasteiger partial charge on any atom is 0.146 e. The van der Waals surface area contributed by atoms with Gasteiger partial charge < -0.3 is 9.47 Å². The van der Waals surface area contributed by atoms with Gasteiger partial charge in [-0.3, -0.25) is 0 Å². The fourth-order valence-corrected chi connectivity index (χ4v) is 2.67. The highest BCUT2D eigenvalue weighted by molar-refractivity contribution is 14.1. The van der Waals surface area contributed by atoms with Crippen LogP contribution in [-0.4, -0.2) is 17.8 Å². The van der Waals surface area contributed by atoms with Crippen molar-refractivity contribution in [2.75, 3.05) is 0 Å². The van der Waals surface area contributed by atoms with Crippen LogP contribution >= 0.6 is 22.6 Å². The zero-order valence-electron chi connectivity index (χ0n) is 9.02. The lowest BCUT2D eigenvalue weighted by Crippen LogP contribution is -2.29. The van der Waals surface area contributed by atoms with E-state index in [1.54, 1.807) is 0 Å². The van der Waals surface area contributed by atoms with E-state index in [-0.39, 0.29) is 17.8 Å². The first kappa shape index (κ1) is 10.6. The van der Waals surface area contributed by atoms with Gasteiger partial charge >= 0.3 is 0 Å². The molecule has 0 amide bonds. The number of hydrogen-bond acceptors (Lipinski definition) is 2. The van der Waals surface area contributed by atoms with Crippen LogP contribution in [0.25, 0.3) is 0 Å². The molecule has 0 saturated carbocycles. The smallest absolute Gasteiger partial charge is 0.146 e. The Balaban J connectivity index is 1.79. The van der Waals surface area contributed by atoms with Crippen LogP contribution in [0.15, 0.2) is 36.4 Å². The summed E-state index contributed by atoms with van der Waals surface area (Å²) in [5.74, 6) is 0.942. The normalized spacial score (nSPS) is 35.6. The second kappa shape index (κ2) is 3.74. The van der Waals surface area contributed by atoms with Crippen LogP contribution < -0.4 is 4.74 Å². The predicted octanol–water partition coefficient (Wildman–Crippen LogP) is 3.16. The maximum atomic E-state index is 5.99. The van der Waals surface area contributed by atoms with Crippen molar-refractivity contribution in [3.8, 4) is 5.75 Å². The lowest BCUT2D eigenvalue weighted by molar-refractivity contribution is 0.199. The Hall–Kier alpha value is -0.550. The van der Waals surface area contributed by atoms with Gasteiger partial charge in [0.25, 0.3) is 0 Å². The number of fused-ring (bicyclic) bond motifs is 1. The van der Waals surface area contributed by atoms with E-state index >= 15 is 0 Å². The number of rotatable bonds is 2. The molecule has 16 heavy (non-hydrogen) atoms. The van der Waals surface area contributed by atoms with E-state index in [1.807, 2.05) is 18.2 Å². The molecule has 1 aliphatic heterocycles. The molecule has 2 aliphatic rings. The maximum absolute atomic E-state index is 5.99. The molecule has 1 aromatic carbocycles. The number of epoxide rings is 1. The van der Waals surface area contributed by atoms with E-state index in [4.69, 9.17) is 9.47 Å². The molecule has 1 fully saturated rings. The molecular weight excluding hydrogens is 315 g/mol. The van der Waals surface area contributed by atoms with Gasteiger partial charge in [-0.05, 0) is 54.1 Å². The summed E-state index contributed by atoms with van der Waals surface area (Å²) in [5, 5.41) is 0. The van der Waals surface area contributed by atoms with Crippen molar-refractivity contribution in [3.05, 3.63) is 40.0 Å². The Morgan fingerprint density at radius 3 is 3.06 bits per heavy atom. The van der Waals surface area contributed by atoms with Crippen molar-refractivity contribution in [1.29, 1.82) is 0 Å². The Morgan fingerprint density at radius 2 is 2.25 bits per heavy atom. The molecule has 2 unspecified atom stereocenters. The summed E-state index contributed by atoms with van der Waals surface area (Å²) in [4.78, 5) is 0. The van der Waals surface area contributed by atoms with E-state index in [0.717, 1.165) is 15.7 Å². The monoisotopic (exact) mass is 328 g/mol. The summed E-state index contributed by atoms with van der Waals surface area (Å²) in [6.07, 6.45) is 5.57. The third kappa shape index (κ3) is 1.76. The first-order valence-corrected chi connectivity index (χ1v) is 6.53. The average molecular weight is 328 g/mol. The molecule has 1 aliphatic carbocycles. The largest absolute Gasteiger partial charge is 0.482 e.